The van der Waals surface area contributed by atoms with E-state index in [0.717, 1.165) is 19.3 Å². The molecule has 0 saturated carbocycles. The maximum Gasteiger partial charge on any atom is 0.322 e. The summed E-state index contributed by atoms with van der Waals surface area (Å²) in [4.78, 5) is 14.0. The SMILES string of the molecule is CC1CCCC(C)N1C(=O)Nc1cccc(F)c1. The van der Waals surface area contributed by atoms with E-state index in [1.54, 1.807) is 12.1 Å². The van der Waals surface area contributed by atoms with Crippen molar-refractivity contribution in [3.63, 3.8) is 0 Å². The van der Waals surface area contributed by atoms with Gasteiger partial charge < -0.3 is 10.2 Å². The molecule has 1 aromatic carbocycles. The van der Waals surface area contributed by atoms with Crippen LogP contribution < -0.4 is 5.32 Å². The quantitative estimate of drug-likeness (QED) is 0.811. The third kappa shape index (κ3) is 2.81. The summed E-state index contributed by atoms with van der Waals surface area (Å²) in [5.74, 6) is -0.340. The number of carbonyl (C=O) groups is 1. The molecule has 2 rings (SSSR count). The van der Waals surface area contributed by atoms with E-state index in [1.807, 2.05) is 4.90 Å². The van der Waals surface area contributed by atoms with Crippen LogP contribution >= 0.6 is 0 Å². The van der Waals surface area contributed by atoms with Gasteiger partial charge in [0.15, 0.2) is 0 Å². The molecule has 18 heavy (non-hydrogen) atoms. The minimum absolute atomic E-state index is 0.139. The van der Waals surface area contributed by atoms with Gasteiger partial charge in [-0.25, -0.2) is 9.18 Å². The fraction of sp³-hybridized carbons (Fsp3) is 0.500. The zero-order chi connectivity index (χ0) is 13.1. The highest BCUT2D eigenvalue weighted by atomic mass is 19.1. The molecule has 0 spiro atoms. The van der Waals surface area contributed by atoms with Crippen LogP contribution in [0.15, 0.2) is 24.3 Å². The van der Waals surface area contributed by atoms with E-state index in [0.29, 0.717) is 5.69 Å². The number of anilines is 1. The lowest BCUT2D eigenvalue weighted by Gasteiger charge is -2.38. The topological polar surface area (TPSA) is 32.3 Å². The zero-order valence-electron chi connectivity index (χ0n) is 10.8. The van der Waals surface area contributed by atoms with E-state index in [1.165, 1.54) is 12.1 Å². The second-order valence-corrected chi connectivity index (χ2v) is 4.98. The van der Waals surface area contributed by atoms with Crippen molar-refractivity contribution in [1.82, 2.24) is 4.90 Å². The van der Waals surface area contributed by atoms with E-state index in [9.17, 15) is 9.18 Å². The minimum Gasteiger partial charge on any atom is -0.319 e. The zero-order valence-corrected chi connectivity index (χ0v) is 10.8. The molecule has 1 heterocycles. The molecule has 1 fully saturated rings. The van der Waals surface area contributed by atoms with E-state index < -0.39 is 0 Å². The maximum atomic E-state index is 13.0. The van der Waals surface area contributed by atoms with Crippen LogP contribution in [-0.2, 0) is 0 Å². The van der Waals surface area contributed by atoms with Gasteiger partial charge in [-0.1, -0.05) is 6.07 Å². The fourth-order valence-electron chi connectivity index (χ4n) is 2.58. The molecule has 2 atom stereocenters. The van der Waals surface area contributed by atoms with Gasteiger partial charge in [-0.05, 0) is 51.3 Å². The summed E-state index contributed by atoms with van der Waals surface area (Å²) >= 11 is 0. The Kier molecular flexibility index (Phi) is 3.84. The highest BCUT2D eigenvalue weighted by Crippen LogP contribution is 2.23. The first kappa shape index (κ1) is 12.9. The Morgan fingerprint density at radius 2 is 2.00 bits per heavy atom. The largest absolute Gasteiger partial charge is 0.322 e. The van der Waals surface area contributed by atoms with Crippen molar-refractivity contribution in [2.45, 2.75) is 45.2 Å². The molecular formula is C14H19FN2O. The average molecular weight is 250 g/mol. The Morgan fingerprint density at radius 1 is 1.33 bits per heavy atom. The molecular weight excluding hydrogens is 231 g/mol. The Morgan fingerprint density at radius 3 is 2.61 bits per heavy atom. The molecule has 1 aromatic rings. The van der Waals surface area contributed by atoms with Gasteiger partial charge in [0.25, 0.3) is 0 Å². The lowest BCUT2D eigenvalue weighted by Crippen LogP contribution is -2.49. The van der Waals surface area contributed by atoms with Gasteiger partial charge in [-0.15, -0.1) is 0 Å². The highest BCUT2D eigenvalue weighted by Gasteiger charge is 2.28. The number of benzene rings is 1. The van der Waals surface area contributed by atoms with Gasteiger partial charge in [0.2, 0.25) is 0 Å². The number of piperidine rings is 1. The molecule has 2 amide bonds. The molecule has 0 bridgehead atoms. The molecule has 1 N–H and O–H groups in total. The second-order valence-electron chi connectivity index (χ2n) is 4.98. The number of urea groups is 1. The number of amides is 2. The predicted octanol–water partition coefficient (Wildman–Crippen LogP) is 3.62. The summed E-state index contributed by atoms with van der Waals surface area (Å²) in [7, 11) is 0. The summed E-state index contributed by atoms with van der Waals surface area (Å²) in [5.41, 5.74) is 0.505. The average Bonchev–Trinajstić information content (AvgIpc) is 2.28. The molecule has 1 aliphatic rings. The third-order valence-corrected chi connectivity index (χ3v) is 3.50. The predicted molar refractivity (Wildman–Crippen MR) is 70.0 cm³/mol. The first-order chi connectivity index (χ1) is 8.58. The fourth-order valence-corrected chi connectivity index (χ4v) is 2.58. The standard InChI is InChI=1S/C14H19FN2O/c1-10-5-3-6-11(2)17(10)14(18)16-13-8-4-7-12(15)9-13/h4,7-11H,3,5-6H2,1-2H3,(H,16,18). The first-order valence-corrected chi connectivity index (χ1v) is 6.43. The van der Waals surface area contributed by atoms with Gasteiger partial charge in [0.05, 0.1) is 0 Å². The van der Waals surface area contributed by atoms with Crippen molar-refractivity contribution in [1.29, 1.82) is 0 Å². The molecule has 4 heteroatoms. The molecule has 1 aliphatic heterocycles. The van der Waals surface area contributed by atoms with Crippen molar-refractivity contribution in [2.75, 3.05) is 5.32 Å². The lowest BCUT2D eigenvalue weighted by atomic mass is 9.98. The lowest BCUT2D eigenvalue weighted by molar-refractivity contribution is 0.133. The number of likely N-dealkylation sites (tertiary alicyclic amines) is 1. The molecule has 98 valence electrons. The molecule has 1 saturated heterocycles. The Bertz CT molecular complexity index is 426. The minimum atomic E-state index is -0.340. The van der Waals surface area contributed by atoms with E-state index in [4.69, 9.17) is 0 Å². The van der Waals surface area contributed by atoms with Crippen molar-refractivity contribution in [2.24, 2.45) is 0 Å². The van der Waals surface area contributed by atoms with Gasteiger partial charge >= 0.3 is 6.03 Å². The van der Waals surface area contributed by atoms with E-state index >= 15 is 0 Å². The van der Waals surface area contributed by atoms with E-state index in [2.05, 4.69) is 19.2 Å². The van der Waals surface area contributed by atoms with Crippen LogP contribution in [0, 0.1) is 5.82 Å². The summed E-state index contributed by atoms with van der Waals surface area (Å²) in [6.07, 6.45) is 3.22. The Hall–Kier alpha value is -1.58. The number of rotatable bonds is 1. The molecule has 2 unspecified atom stereocenters. The van der Waals surface area contributed by atoms with Crippen LogP contribution in [0.1, 0.15) is 33.1 Å². The molecule has 3 nitrogen and oxygen atoms in total. The summed E-state index contributed by atoms with van der Waals surface area (Å²) < 4.78 is 13.0. The van der Waals surface area contributed by atoms with Crippen molar-refractivity contribution in [3.8, 4) is 0 Å². The summed E-state index contributed by atoms with van der Waals surface area (Å²) in [6.45, 7) is 4.11. The normalized spacial score (nSPS) is 23.8. The number of nitrogens with zero attached hydrogens (tertiary/aromatic N) is 1. The Labute approximate surface area is 107 Å². The van der Waals surface area contributed by atoms with E-state index in [-0.39, 0.29) is 23.9 Å². The maximum absolute atomic E-state index is 13.0. The number of carbonyl (C=O) groups excluding carboxylic acids is 1. The van der Waals surface area contributed by atoms with Crippen LogP contribution in [0.4, 0.5) is 14.9 Å². The molecule has 0 radical (unpaired) electrons. The number of hydrogen-bond donors (Lipinski definition) is 1. The smallest absolute Gasteiger partial charge is 0.319 e. The highest BCUT2D eigenvalue weighted by molar-refractivity contribution is 5.89. The monoisotopic (exact) mass is 250 g/mol. The second kappa shape index (κ2) is 5.38. The summed E-state index contributed by atoms with van der Waals surface area (Å²) in [6, 6.07) is 6.32. The van der Waals surface area contributed by atoms with Crippen LogP contribution in [0.5, 0.6) is 0 Å². The summed E-state index contributed by atoms with van der Waals surface area (Å²) in [5, 5.41) is 2.76. The van der Waals surface area contributed by atoms with Gasteiger partial charge in [-0.2, -0.15) is 0 Å². The van der Waals surface area contributed by atoms with Crippen molar-refractivity contribution in [3.05, 3.63) is 30.1 Å². The Balaban J connectivity index is 2.07. The third-order valence-electron chi connectivity index (χ3n) is 3.50. The van der Waals surface area contributed by atoms with Crippen LogP contribution in [0.2, 0.25) is 0 Å². The molecule has 0 aliphatic carbocycles. The van der Waals surface area contributed by atoms with Gasteiger partial charge in [-0.3, -0.25) is 0 Å². The van der Waals surface area contributed by atoms with Crippen LogP contribution in [-0.4, -0.2) is 23.0 Å². The number of nitrogens with one attached hydrogen (secondary N) is 1. The van der Waals surface area contributed by atoms with Crippen molar-refractivity contribution >= 4 is 11.7 Å². The van der Waals surface area contributed by atoms with Gasteiger partial charge in [0.1, 0.15) is 5.82 Å². The molecule has 0 aromatic heterocycles. The van der Waals surface area contributed by atoms with Crippen LogP contribution in [0.3, 0.4) is 0 Å². The van der Waals surface area contributed by atoms with Crippen molar-refractivity contribution < 1.29 is 9.18 Å². The van der Waals surface area contributed by atoms with Crippen LogP contribution in [0.25, 0.3) is 0 Å². The first-order valence-electron chi connectivity index (χ1n) is 6.43. The number of hydrogen-bond acceptors (Lipinski definition) is 1. The number of halogens is 1. The van der Waals surface area contributed by atoms with Gasteiger partial charge in [0, 0.05) is 17.8 Å².